The average molecular weight is 391 g/mol. The minimum absolute atomic E-state index is 0.198. The van der Waals surface area contributed by atoms with Crippen LogP contribution in [0.5, 0.6) is 0 Å². The molecule has 3 rings (SSSR count). The number of amides is 1. The van der Waals surface area contributed by atoms with E-state index in [9.17, 15) is 4.79 Å². The number of nitrogens with zero attached hydrogens (tertiary/aromatic N) is 2. The molecule has 1 N–H and O–H groups in total. The summed E-state index contributed by atoms with van der Waals surface area (Å²) in [5, 5.41) is 2.88. The molecule has 0 atom stereocenters. The predicted molar refractivity (Wildman–Crippen MR) is 91.8 cm³/mol. The molecular weight excluding hydrogens is 377 g/mol. The molecule has 1 aromatic carbocycles. The summed E-state index contributed by atoms with van der Waals surface area (Å²) >= 11 is 2.26. The summed E-state index contributed by atoms with van der Waals surface area (Å²) < 4.78 is 2.97. The Hall–Kier alpha value is -1.89. The SMILES string of the molecule is Cc1ccn2cc(C(=O)Nc3ccc(C)c(I)c3)nc2c1. The molecule has 0 fully saturated rings. The quantitative estimate of drug-likeness (QED) is 0.676. The van der Waals surface area contributed by atoms with Gasteiger partial charge < -0.3 is 9.72 Å². The fourth-order valence-electron chi connectivity index (χ4n) is 2.06. The molecule has 2 aromatic heterocycles. The van der Waals surface area contributed by atoms with Crippen LogP contribution in [0.4, 0.5) is 5.69 Å². The Bertz CT molecular complexity index is 839. The molecule has 0 unspecified atom stereocenters. The van der Waals surface area contributed by atoms with Gasteiger partial charge in [0.05, 0.1) is 0 Å². The summed E-state index contributed by atoms with van der Waals surface area (Å²) in [6, 6.07) is 9.78. The highest BCUT2D eigenvalue weighted by atomic mass is 127. The van der Waals surface area contributed by atoms with E-state index in [2.05, 4.69) is 32.9 Å². The second kappa shape index (κ2) is 5.48. The lowest BCUT2D eigenvalue weighted by atomic mass is 10.2. The molecule has 106 valence electrons. The largest absolute Gasteiger partial charge is 0.321 e. The van der Waals surface area contributed by atoms with E-state index in [1.165, 1.54) is 5.56 Å². The number of hydrogen-bond donors (Lipinski definition) is 1. The number of aryl methyl sites for hydroxylation is 2. The first-order valence-electron chi connectivity index (χ1n) is 6.56. The highest BCUT2D eigenvalue weighted by Gasteiger charge is 2.11. The predicted octanol–water partition coefficient (Wildman–Crippen LogP) is 3.81. The lowest BCUT2D eigenvalue weighted by Crippen LogP contribution is -2.12. The molecule has 4 nitrogen and oxygen atoms in total. The van der Waals surface area contributed by atoms with Crippen molar-refractivity contribution in [3.8, 4) is 0 Å². The van der Waals surface area contributed by atoms with Crippen molar-refractivity contribution in [1.82, 2.24) is 9.38 Å². The van der Waals surface area contributed by atoms with Crippen LogP contribution in [0.2, 0.25) is 0 Å². The van der Waals surface area contributed by atoms with Crippen LogP contribution in [0.25, 0.3) is 5.65 Å². The van der Waals surface area contributed by atoms with Crippen molar-refractivity contribution >= 4 is 39.8 Å². The third-order valence-corrected chi connectivity index (χ3v) is 4.44. The first-order chi connectivity index (χ1) is 10.0. The summed E-state index contributed by atoms with van der Waals surface area (Å²) in [7, 11) is 0. The van der Waals surface area contributed by atoms with Crippen LogP contribution in [-0.4, -0.2) is 15.3 Å². The zero-order chi connectivity index (χ0) is 15.0. The van der Waals surface area contributed by atoms with Crippen LogP contribution >= 0.6 is 22.6 Å². The van der Waals surface area contributed by atoms with Crippen LogP contribution in [-0.2, 0) is 0 Å². The summed E-state index contributed by atoms with van der Waals surface area (Å²) in [4.78, 5) is 16.6. The van der Waals surface area contributed by atoms with E-state index in [0.29, 0.717) is 5.69 Å². The number of benzene rings is 1. The Kier molecular flexibility index (Phi) is 3.67. The lowest BCUT2D eigenvalue weighted by molar-refractivity contribution is 0.102. The number of carbonyl (C=O) groups excluding carboxylic acids is 1. The summed E-state index contributed by atoms with van der Waals surface area (Å²) in [5.74, 6) is -0.198. The van der Waals surface area contributed by atoms with Crippen LogP contribution in [0.1, 0.15) is 21.6 Å². The number of rotatable bonds is 2. The summed E-state index contributed by atoms with van der Waals surface area (Å²) in [5.41, 5.74) is 4.28. The molecule has 0 aliphatic carbocycles. The van der Waals surface area contributed by atoms with E-state index in [-0.39, 0.29) is 5.91 Å². The molecule has 21 heavy (non-hydrogen) atoms. The number of anilines is 1. The highest BCUT2D eigenvalue weighted by Crippen LogP contribution is 2.18. The maximum Gasteiger partial charge on any atom is 0.275 e. The topological polar surface area (TPSA) is 46.4 Å². The number of pyridine rings is 1. The maximum atomic E-state index is 12.3. The normalized spacial score (nSPS) is 10.8. The molecule has 2 heterocycles. The number of carbonyl (C=O) groups is 1. The van der Waals surface area contributed by atoms with Crippen LogP contribution in [0, 0.1) is 17.4 Å². The van der Waals surface area contributed by atoms with Gasteiger partial charge in [0.2, 0.25) is 0 Å². The Morgan fingerprint density at radius 1 is 1.24 bits per heavy atom. The van der Waals surface area contributed by atoms with E-state index in [4.69, 9.17) is 0 Å². The molecule has 0 spiro atoms. The number of halogens is 1. The lowest BCUT2D eigenvalue weighted by Gasteiger charge is -2.05. The molecule has 0 aliphatic rings. The molecule has 0 saturated heterocycles. The molecular formula is C16H14IN3O. The van der Waals surface area contributed by atoms with Gasteiger partial charge in [-0.05, 0) is 71.8 Å². The van der Waals surface area contributed by atoms with Gasteiger partial charge in [0.25, 0.3) is 5.91 Å². The van der Waals surface area contributed by atoms with Crippen molar-refractivity contribution in [2.24, 2.45) is 0 Å². The van der Waals surface area contributed by atoms with Crippen molar-refractivity contribution in [3.63, 3.8) is 0 Å². The Balaban J connectivity index is 1.87. The van der Waals surface area contributed by atoms with E-state index >= 15 is 0 Å². The molecule has 0 saturated carbocycles. The number of fused-ring (bicyclic) bond motifs is 1. The number of hydrogen-bond acceptors (Lipinski definition) is 2. The minimum Gasteiger partial charge on any atom is -0.321 e. The van der Waals surface area contributed by atoms with Crippen molar-refractivity contribution in [3.05, 3.63) is 63.1 Å². The van der Waals surface area contributed by atoms with E-state index in [1.54, 1.807) is 6.20 Å². The van der Waals surface area contributed by atoms with Gasteiger partial charge in [-0.25, -0.2) is 4.98 Å². The molecule has 0 bridgehead atoms. The zero-order valence-electron chi connectivity index (χ0n) is 11.7. The first-order valence-corrected chi connectivity index (χ1v) is 7.64. The van der Waals surface area contributed by atoms with Gasteiger partial charge in [-0.1, -0.05) is 6.07 Å². The fourth-order valence-corrected chi connectivity index (χ4v) is 2.57. The third kappa shape index (κ3) is 2.92. The Morgan fingerprint density at radius 3 is 2.81 bits per heavy atom. The van der Waals surface area contributed by atoms with Crippen molar-refractivity contribution < 1.29 is 4.79 Å². The smallest absolute Gasteiger partial charge is 0.275 e. The standard InChI is InChI=1S/C16H14IN3O/c1-10-5-6-20-9-14(19-15(20)7-10)16(21)18-12-4-3-11(2)13(17)8-12/h3-9H,1-2H3,(H,18,21). The molecule has 1 amide bonds. The molecule has 0 radical (unpaired) electrons. The van der Waals surface area contributed by atoms with Crippen LogP contribution in [0.15, 0.2) is 42.7 Å². The number of nitrogens with one attached hydrogen (secondary N) is 1. The second-order valence-electron chi connectivity index (χ2n) is 5.01. The van der Waals surface area contributed by atoms with E-state index in [1.807, 2.05) is 54.8 Å². The van der Waals surface area contributed by atoms with Gasteiger partial charge in [0.15, 0.2) is 0 Å². The third-order valence-electron chi connectivity index (χ3n) is 3.28. The summed E-state index contributed by atoms with van der Waals surface area (Å²) in [6.45, 7) is 4.04. The maximum absolute atomic E-state index is 12.3. The number of imidazole rings is 1. The van der Waals surface area contributed by atoms with Crippen molar-refractivity contribution in [1.29, 1.82) is 0 Å². The summed E-state index contributed by atoms with van der Waals surface area (Å²) in [6.07, 6.45) is 3.65. The fraction of sp³-hybridized carbons (Fsp3) is 0.125. The molecule has 0 aliphatic heterocycles. The van der Waals surface area contributed by atoms with Crippen LogP contribution in [0.3, 0.4) is 0 Å². The van der Waals surface area contributed by atoms with Gasteiger partial charge in [-0.3, -0.25) is 4.79 Å². The van der Waals surface area contributed by atoms with Gasteiger partial charge in [-0.2, -0.15) is 0 Å². The van der Waals surface area contributed by atoms with E-state index in [0.717, 1.165) is 20.5 Å². The van der Waals surface area contributed by atoms with Crippen molar-refractivity contribution in [2.75, 3.05) is 5.32 Å². The number of aromatic nitrogens is 2. The molecule has 5 heteroatoms. The van der Waals surface area contributed by atoms with Gasteiger partial charge in [0, 0.05) is 21.7 Å². The average Bonchev–Trinajstić information content (AvgIpc) is 2.86. The Labute approximate surface area is 136 Å². The Morgan fingerprint density at radius 2 is 2.05 bits per heavy atom. The minimum atomic E-state index is -0.198. The second-order valence-corrected chi connectivity index (χ2v) is 6.18. The van der Waals surface area contributed by atoms with Gasteiger partial charge >= 0.3 is 0 Å². The molecule has 3 aromatic rings. The monoisotopic (exact) mass is 391 g/mol. The highest BCUT2D eigenvalue weighted by molar-refractivity contribution is 14.1. The zero-order valence-corrected chi connectivity index (χ0v) is 13.9. The van der Waals surface area contributed by atoms with Gasteiger partial charge in [0.1, 0.15) is 11.3 Å². The van der Waals surface area contributed by atoms with E-state index < -0.39 is 0 Å². The first kappa shape index (κ1) is 14.1. The van der Waals surface area contributed by atoms with Crippen molar-refractivity contribution in [2.45, 2.75) is 13.8 Å². The van der Waals surface area contributed by atoms with Crippen LogP contribution < -0.4 is 5.32 Å². The van der Waals surface area contributed by atoms with Gasteiger partial charge in [-0.15, -0.1) is 0 Å².